The van der Waals surface area contributed by atoms with Gasteiger partial charge in [-0.2, -0.15) is 0 Å². The molecule has 5 nitrogen and oxygen atoms in total. The maximum Gasteiger partial charge on any atom is 0.154 e. The Morgan fingerprint density at radius 2 is 1.55 bits per heavy atom. The number of aliphatic hydroxyl groups is 2. The Morgan fingerprint density at radius 1 is 1.10 bits per heavy atom. The van der Waals surface area contributed by atoms with Crippen molar-refractivity contribution in [1.29, 1.82) is 0 Å². The number of hydrogen-bond donors (Lipinski definition) is 2. The molecule has 2 N–H and O–H groups in total. The first-order valence-corrected chi connectivity index (χ1v) is 7.12. The fraction of sp³-hybridized carbons (Fsp3) is 0.800. The lowest BCUT2D eigenvalue weighted by atomic mass is 10.3. The summed E-state index contributed by atoms with van der Waals surface area (Å²) in [6, 6.07) is 0. The molecule has 0 spiro atoms. The molecule has 0 fully saturated rings. The van der Waals surface area contributed by atoms with Crippen LogP contribution in [-0.4, -0.2) is 48.7 Å². The summed E-state index contributed by atoms with van der Waals surface area (Å²) in [4.78, 5) is 9.59. The Bertz CT molecular complexity index is 187. The standard InChI is InChI=1S/C6H14O2.C6H10O.C3H8O2/c1-4-7-6(3)8-5-2;1-2-3-4-5-6-7;1-3(5)2-4/h6H,4-5H2,1-3H3;4-6H,2-3H2,1H3;3-5H,2H2,1H3/b;5-4+;. The molecule has 20 heavy (non-hydrogen) atoms. The molecule has 0 heterocycles. The van der Waals surface area contributed by atoms with Crippen LogP contribution < -0.4 is 0 Å². The van der Waals surface area contributed by atoms with E-state index in [0.717, 1.165) is 32.3 Å². The SMILES string of the molecule is CC(O)CO.CCC/C=C/C=O.CCOC(C)OCC. The summed E-state index contributed by atoms with van der Waals surface area (Å²) in [6.45, 7) is 10.7. The molecule has 1 unspecified atom stereocenters. The Labute approximate surface area is 123 Å². The average Bonchev–Trinajstić information content (AvgIpc) is 2.41. The fourth-order valence-corrected chi connectivity index (χ4v) is 0.836. The minimum absolute atomic E-state index is 0.0370. The predicted molar refractivity (Wildman–Crippen MR) is 81.6 cm³/mol. The van der Waals surface area contributed by atoms with E-state index in [0.29, 0.717) is 0 Å². The van der Waals surface area contributed by atoms with Gasteiger partial charge in [-0.1, -0.05) is 19.4 Å². The van der Waals surface area contributed by atoms with E-state index in [-0.39, 0.29) is 12.9 Å². The van der Waals surface area contributed by atoms with Crippen LogP contribution >= 0.6 is 0 Å². The minimum Gasteiger partial charge on any atom is -0.394 e. The van der Waals surface area contributed by atoms with Crippen molar-refractivity contribution in [2.75, 3.05) is 19.8 Å². The molecule has 0 saturated heterocycles. The van der Waals surface area contributed by atoms with Crippen molar-refractivity contribution in [2.24, 2.45) is 0 Å². The quantitative estimate of drug-likeness (QED) is 0.408. The molecule has 0 rings (SSSR count). The maximum absolute atomic E-state index is 9.59. The first-order valence-electron chi connectivity index (χ1n) is 7.12. The maximum atomic E-state index is 9.59. The van der Waals surface area contributed by atoms with E-state index in [4.69, 9.17) is 19.7 Å². The second kappa shape index (κ2) is 23.4. The number of aldehydes is 1. The van der Waals surface area contributed by atoms with Crippen LogP contribution in [0.4, 0.5) is 0 Å². The van der Waals surface area contributed by atoms with Crippen molar-refractivity contribution in [3.8, 4) is 0 Å². The first-order chi connectivity index (χ1) is 9.49. The summed E-state index contributed by atoms with van der Waals surface area (Å²) in [7, 11) is 0. The van der Waals surface area contributed by atoms with Crippen LogP contribution in [0.1, 0.15) is 47.5 Å². The zero-order valence-corrected chi connectivity index (χ0v) is 13.5. The number of carbonyl (C=O) groups is 1. The number of hydrogen-bond acceptors (Lipinski definition) is 5. The van der Waals surface area contributed by atoms with Crippen molar-refractivity contribution in [2.45, 2.75) is 59.9 Å². The van der Waals surface area contributed by atoms with Crippen molar-refractivity contribution >= 4 is 6.29 Å². The van der Waals surface area contributed by atoms with E-state index in [1.54, 1.807) is 0 Å². The lowest BCUT2D eigenvalue weighted by molar-refractivity contribution is -0.123. The molecule has 0 saturated carbocycles. The van der Waals surface area contributed by atoms with Crippen molar-refractivity contribution in [3.63, 3.8) is 0 Å². The van der Waals surface area contributed by atoms with E-state index >= 15 is 0 Å². The average molecular weight is 292 g/mol. The zero-order valence-electron chi connectivity index (χ0n) is 13.5. The molecule has 1 atom stereocenters. The summed E-state index contributed by atoms with van der Waals surface area (Å²) in [5, 5.41) is 16.0. The van der Waals surface area contributed by atoms with Crippen LogP contribution in [0, 0.1) is 0 Å². The number of rotatable bonds is 8. The van der Waals surface area contributed by atoms with Gasteiger partial charge in [0.2, 0.25) is 0 Å². The third-order valence-corrected chi connectivity index (χ3v) is 1.74. The molecule has 0 aliphatic rings. The zero-order chi connectivity index (χ0) is 16.2. The van der Waals surface area contributed by atoms with Gasteiger partial charge < -0.3 is 19.7 Å². The van der Waals surface area contributed by atoms with Crippen molar-refractivity contribution in [1.82, 2.24) is 0 Å². The van der Waals surface area contributed by atoms with Gasteiger partial charge in [-0.3, -0.25) is 4.79 Å². The highest BCUT2D eigenvalue weighted by atomic mass is 16.7. The Morgan fingerprint density at radius 3 is 1.80 bits per heavy atom. The summed E-state index contributed by atoms with van der Waals surface area (Å²) < 4.78 is 10.1. The molecule has 0 aromatic carbocycles. The smallest absolute Gasteiger partial charge is 0.154 e. The minimum atomic E-state index is -0.560. The molecule has 122 valence electrons. The van der Waals surface area contributed by atoms with Gasteiger partial charge in [0.15, 0.2) is 6.29 Å². The molecule has 0 aromatic rings. The topological polar surface area (TPSA) is 76.0 Å². The summed E-state index contributed by atoms with van der Waals surface area (Å²) >= 11 is 0. The molecular weight excluding hydrogens is 260 g/mol. The monoisotopic (exact) mass is 292 g/mol. The van der Waals surface area contributed by atoms with Crippen molar-refractivity contribution in [3.05, 3.63) is 12.2 Å². The van der Waals surface area contributed by atoms with Crippen molar-refractivity contribution < 1.29 is 24.5 Å². The first kappa shape index (κ1) is 24.3. The summed E-state index contributed by atoms with van der Waals surface area (Å²) in [5.41, 5.74) is 0. The largest absolute Gasteiger partial charge is 0.394 e. The van der Waals surface area contributed by atoms with Gasteiger partial charge >= 0.3 is 0 Å². The van der Waals surface area contributed by atoms with Gasteiger partial charge in [0.1, 0.15) is 6.29 Å². The van der Waals surface area contributed by atoms with E-state index in [1.165, 1.54) is 13.0 Å². The highest BCUT2D eigenvalue weighted by Gasteiger charge is 1.94. The van der Waals surface area contributed by atoms with Gasteiger partial charge in [-0.25, -0.2) is 0 Å². The van der Waals surface area contributed by atoms with Crippen LogP contribution in [-0.2, 0) is 14.3 Å². The predicted octanol–water partition coefficient (Wildman–Crippen LogP) is 2.31. The van der Waals surface area contributed by atoms with Gasteiger partial charge in [0, 0.05) is 13.2 Å². The summed E-state index contributed by atoms with van der Waals surface area (Å²) in [6.07, 6.45) is 5.73. The van der Waals surface area contributed by atoms with Crippen LogP contribution in [0.15, 0.2) is 12.2 Å². The van der Waals surface area contributed by atoms with E-state index in [1.807, 2.05) is 26.8 Å². The van der Waals surface area contributed by atoms with Crippen LogP contribution in [0.5, 0.6) is 0 Å². The number of carbonyl (C=O) groups excluding carboxylic acids is 1. The Balaban J connectivity index is -0.000000223. The van der Waals surface area contributed by atoms with Crippen LogP contribution in [0.3, 0.4) is 0 Å². The second-order valence-electron chi connectivity index (χ2n) is 3.86. The van der Waals surface area contributed by atoms with Gasteiger partial charge in [-0.15, -0.1) is 0 Å². The van der Waals surface area contributed by atoms with E-state index < -0.39 is 6.10 Å². The van der Waals surface area contributed by atoms with Gasteiger partial charge in [0.25, 0.3) is 0 Å². The molecule has 0 aliphatic heterocycles. The summed E-state index contributed by atoms with van der Waals surface area (Å²) in [5.74, 6) is 0. The lowest BCUT2D eigenvalue weighted by Gasteiger charge is -2.09. The Hall–Kier alpha value is -0.750. The van der Waals surface area contributed by atoms with E-state index in [2.05, 4.69) is 6.92 Å². The van der Waals surface area contributed by atoms with E-state index in [9.17, 15) is 4.79 Å². The van der Waals surface area contributed by atoms with Gasteiger partial charge in [0.05, 0.1) is 12.7 Å². The Kier molecular flexibility index (Phi) is 28.3. The molecule has 0 radical (unpaired) electrons. The number of unbranched alkanes of at least 4 members (excludes halogenated alkanes) is 1. The molecule has 0 aromatic heterocycles. The van der Waals surface area contributed by atoms with Crippen LogP contribution in [0.2, 0.25) is 0 Å². The number of ether oxygens (including phenoxy) is 2. The number of allylic oxidation sites excluding steroid dienone is 2. The lowest BCUT2D eigenvalue weighted by Crippen LogP contribution is -2.11. The highest BCUT2D eigenvalue weighted by Crippen LogP contribution is 1.90. The third-order valence-electron chi connectivity index (χ3n) is 1.74. The molecule has 0 aliphatic carbocycles. The third kappa shape index (κ3) is 36.0. The highest BCUT2D eigenvalue weighted by molar-refractivity contribution is 5.64. The second-order valence-corrected chi connectivity index (χ2v) is 3.86. The molecule has 0 bridgehead atoms. The van der Waals surface area contributed by atoms with Crippen LogP contribution in [0.25, 0.3) is 0 Å². The molecule has 5 heteroatoms. The van der Waals surface area contributed by atoms with Gasteiger partial charge in [-0.05, 0) is 40.2 Å². The number of aliphatic hydroxyl groups excluding tert-OH is 2. The molecule has 0 amide bonds. The fourth-order valence-electron chi connectivity index (χ4n) is 0.836. The normalized spacial score (nSPS) is 11.4. The molecular formula is C15H32O5.